The van der Waals surface area contributed by atoms with Crippen molar-refractivity contribution in [3.8, 4) is 0 Å². The van der Waals surface area contributed by atoms with Gasteiger partial charge in [0, 0.05) is 10.6 Å². The van der Waals surface area contributed by atoms with Gasteiger partial charge in [-0.05, 0) is 44.2 Å². The van der Waals surface area contributed by atoms with Gasteiger partial charge in [-0.1, -0.05) is 18.5 Å². The van der Waals surface area contributed by atoms with Gasteiger partial charge in [0.2, 0.25) is 0 Å². The molecular weight excluding hydrogens is 278 g/mol. The number of rotatable bonds is 8. The van der Waals surface area contributed by atoms with E-state index in [2.05, 4.69) is 5.32 Å². The van der Waals surface area contributed by atoms with Gasteiger partial charge in [-0.25, -0.2) is 0 Å². The third-order valence-electron chi connectivity index (χ3n) is 2.76. The van der Waals surface area contributed by atoms with E-state index in [9.17, 15) is 9.59 Å². The molecule has 0 heterocycles. The molecule has 0 amide bonds. The highest BCUT2D eigenvalue weighted by Crippen LogP contribution is 2.12. The highest BCUT2D eigenvalue weighted by Gasteiger charge is 2.23. The molecule has 5 heteroatoms. The summed E-state index contributed by atoms with van der Waals surface area (Å²) in [6, 6.07) is 6.09. The average Bonchev–Trinajstić information content (AvgIpc) is 2.44. The van der Waals surface area contributed by atoms with Crippen LogP contribution in [-0.2, 0) is 9.53 Å². The van der Waals surface area contributed by atoms with Crippen molar-refractivity contribution in [3.05, 3.63) is 34.9 Å². The molecule has 0 aromatic heterocycles. The minimum Gasteiger partial charge on any atom is -0.466 e. The lowest BCUT2D eigenvalue weighted by Gasteiger charge is -2.16. The number of ketones is 1. The van der Waals surface area contributed by atoms with E-state index in [1.54, 1.807) is 31.2 Å². The van der Waals surface area contributed by atoms with Gasteiger partial charge in [0.25, 0.3) is 0 Å². The first-order chi connectivity index (χ1) is 9.58. The van der Waals surface area contributed by atoms with Crippen molar-refractivity contribution in [2.75, 3.05) is 13.2 Å². The Hall–Kier alpha value is -1.39. The normalized spacial score (nSPS) is 11.9. The van der Waals surface area contributed by atoms with Crippen molar-refractivity contribution < 1.29 is 14.3 Å². The van der Waals surface area contributed by atoms with E-state index in [4.69, 9.17) is 16.3 Å². The van der Waals surface area contributed by atoms with Crippen LogP contribution in [0.2, 0.25) is 5.02 Å². The number of carbonyl (C=O) groups excluding carboxylic acids is 2. The monoisotopic (exact) mass is 297 g/mol. The van der Waals surface area contributed by atoms with Gasteiger partial charge >= 0.3 is 5.97 Å². The third-order valence-corrected chi connectivity index (χ3v) is 3.01. The van der Waals surface area contributed by atoms with E-state index in [1.807, 2.05) is 6.92 Å². The minimum atomic E-state index is -0.560. The van der Waals surface area contributed by atoms with Crippen LogP contribution in [0, 0.1) is 0 Å². The molecule has 0 saturated carbocycles. The summed E-state index contributed by atoms with van der Waals surface area (Å²) in [4.78, 5) is 24.0. The molecule has 0 bridgehead atoms. The van der Waals surface area contributed by atoms with E-state index in [0.29, 0.717) is 23.7 Å². The van der Waals surface area contributed by atoms with Crippen molar-refractivity contribution in [2.24, 2.45) is 0 Å². The van der Waals surface area contributed by atoms with E-state index in [-0.39, 0.29) is 18.2 Å². The van der Waals surface area contributed by atoms with Crippen LogP contribution in [0.15, 0.2) is 24.3 Å². The van der Waals surface area contributed by atoms with Crippen LogP contribution in [0.1, 0.15) is 37.0 Å². The maximum absolute atomic E-state index is 12.4. The molecule has 0 radical (unpaired) electrons. The Balaban J connectivity index is 2.77. The van der Waals surface area contributed by atoms with Gasteiger partial charge in [-0.15, -0.1) is 0 Å². The van der Waals surface area contributed by atoms with Crippen molar-refractivity contribution in [1.82, 2.24) is 5.32 Å². The van der Waals surface area contributed by atoms with Gasteiger partial charge in [0.05, 0.1) is 19.1 Å². The molecular formula is C15H20ClNO3. The lowest BCUT2D eigenvalue weighted by Crippen LogP contribution is -2.39. The highest BCUT2D eigenvalue weighted by atomic mass is 35.5. The Morgan fingerprint density at radius 2 is 1.90 bits per heavy atom. The fourth-order valence-electron chi connectivity index (χ4n) is 1.78. The molecule has 1 rings (SSSR count). The molecule has 0 saturated heterocycles. The quantitative estimate of drug-likeness (QED) is 0.592. The Bertz CT molecular complexity index is 445. The average molecular weight is 298 g/mol. The first kappa shape index (κ1) is 16.7. The number of Topliss-reactive ketones (excluding diaryl/α,β-unsaturated/α-hetero) is 1. The molecule has 0 fully saturated rings. The largest absolute Gasteiger partial charge is 0.466 e. The lowest BCUT2D eigenvalue weighted by molar-refractivity contribution is -0.143. The second kappa shape index (κ2) is 8.72. The van der Waals surface area contributed by atoms with Gasteiger partial charge in [0.15, 0.2) is 5.78 Å². The van der Waals surface area contributed by atoms with E-state index >= 15 is 0 Å². The van der Waals surface area contributed by atoms with Crippen LogP contribution in [0.3, 0.4) is 0 Å². The molecule has 0 aliphatic carbocycles. The highest BCUT2D eigenvalue weighted by molar-refractivity contribution is 6.30. The molecule has 1 aromatic rings. The maximum atomic E-state index is 12.4. The van der Waals surface area contributed by atoms with Crippen molar-refractivity contribution in [1.29, 1.82) is 0 Å². The smallest absolute Gasteiger partial charge is 0.307 e. The number of carbonyl (C=O) groups is 2. The molecule has 1 aromatic carbocycles. The third kappa shape index (κ3) is 5.31. The zero-order valence-electron chi connectivity index (χ0n) is 11.8. The molecule has 0 aliphatic rings. The molecule has 4 nitrogen and oxygen atoms in total. The van der Waals surface area contributed by atoms with Gasteiger partial charge in [0.1, 0.15) is 0 Å². The van der Waals surface area contributed by atoms with Crippen LogP contribution < -0.4 is 5.32 Å². The van der Waals surface area contributed by atoms with Crippen molar-refractivity contribution in [3.63, 3.8) is 0 Å². The van der Waals surface area contributed by atoms with Crippen LogP contribution in [0.4, 0.5) is 0 Å². The number of hydrogen-bond acceptors (Lipinski definition) is 4. The standard InChI is InChI=1S/C15H20ClNO3/c1-3-9-17-13(10-14(18)20-4-2)15(19)11-5-7-12(16)8-6-11/h5-8,13,17H,3-4,9-10H2,1-2H3. The van der Waals surface area contributed by atoms with Crippen LogP contribution >= 0.6 is 11.6 Å². The topological polar surface area (TPSA) is 55.4 Å². The summed E-state index contributed by atoms with van der Waals surface area (Å²) in [5.74, 6) is -0.494. The summed E-state index contributed by atoms with van der Waals surface area (Å²) in [6.07, 6.45) is 0.919. The van der Waals surface area contributed by atoms with Crippen molar-refractivity contribution >= 4 is 23.4 Å². The molecule has 1 atom stereocenters. The van der Waals surface area contributed by atoms with Gasteiger partial charge in [-0.2, -0.15) is 0 Å². The number of benzene rings is 1. The lowest BCUT2D eigenvalue weighted by atomic mass is 10.0. The maximum Gasteiger partial charge on any atom is 0.307 e. The molecule has 1 N–H and O–H groups in total. The molecule has 0 spiro atoms. The number of hydrogen-bond donors (Lipinski definition) is 1. The van der Waals surface area contributed by atoms with Crippen molar-refractivity contribution in [2.45, 2.75) is 32.7 Å². The van der Waals surface area contributed by atoms with E-state index < -0.39 is 6.04 Å². The Morgan fingerprint density at radius 3 is 2.45 bits per heavy atom. The second-order valence-electron chi connectivity index (χ2n) is 4.39. The first-order valence-electron chi connectivity index (χ1n) is 6.77. The molecule has 110 valence electrons. The Morgan fingerprint density at radius 1 is 1.25 bits per heavy atom. The van der Waals surface area contributed by atoms with Crippen LogP contribution in [-0.4, -0.2) is 30.9 Å². The number of esters is 1. The first-order valence-corrected chi connectivity index (χ1v) is 7.15. The SMILES string of the molecule is CCCNC(CC(=O)OCC)C(=O)c1ccc(Cl)cc1. The molecule has 20 heavy (non-hydrogen) atoms. The van der Waals surface area contributed by atoms with E-state index in [1.165, 1.54) is 0 Å². The number of halogens is 1. The Labute approximate surface area is 124 Å². The fourth-order valence-corrected chi connectivity index (χ4v) is 1.90. The zero-order chi connectivity index (χ0) is 15.0. The fraction of sp³-hybridized carbons (Fsp3) is 0.467. The second-order valence-corrected chi connectivity index (χ2v) is 4.82. The predicted octanol–water partition coefficient (Wildman–Crippen LogP) is 2.84. The summed E-state index contributed by atoms with van der Waals surface area (Å²) in [7, 11) is 0. The Kier molecular flexibility index (Phi) is 7.26. The summed E-state index contributed by atoms with van der Waals surface area (Å²) >= 11 is 5.80. The summed E-state index contributed by atoms with van der Waals surface area (Å²) in [5.41, 5.74) is 0.535. The van der Waals surface area contributed by atoms with Gasteiger partial charge < -0.3 is 10.1 Å². The molecule has 1 unspecified atom stereocenters. The number of nitrogens with one attached hydrogen (secondary N) is 1. The minimum absolute atomic E-state index is 0.0370. The molecule has 0 aliphatic heterocycles. The zero-order valence-corrected chi connectivity index (χ0v) is 12.6. The van der Waals surface area contributed by atoms with E-state index in [0.717, 1.165) is 6.42 Å². The summed E-state index contributed by atoms with van der Waals surface area (Å²) in [6.45, 7) is 4.73. The van der Waals surface area contributed by atoms with Crippen LogP contribution in [0.25, 0.3) is 0 Å². The predicted molar refractivity (Wildman–Crippen MR) is 79.1 cm³/mol. The van der Waals surface area contributed by atoms with Gasteiger partial charge in [-0.3, -0.25) is 9.59 Å². The number of ether oxygens (including phenoxy) is 1. The van der Waals surface area contributed by atoms with Crippen LogP contribution in [0.5, 0.6) is 0 Å². The summed E-state index contributed by atoms with van der Waals surface area (Å²) in [5, 5.41) is 3.66. The summed E-state index contributed by atoms with van der Waals surface area (Å²) < 4.78 is 4.91.